The molecule has 0 atom stereocenters. The lowest BCUT2D eigenvalue weighted by molar-refractivity contribution is 0.668. The van der Waals surface area contributed by atoms with Gasteiger partial charge in [-0.2, -0.15) is 0 Å². The van der Waals surface area contributed by atoms with E-state index >= 15 is 0 Å². The van der Waals surface area contributed by atoms with Crippen molar-refractivity contribution in [3.63, 3.8) is 0 Å². The predicted molar refractivity (Wildman–Crippen MR) is 118 cm³/mol. The van der Waals surface area contributed by atoms with Crippen LogP contribution in [0.4, 0.5) is 0 Å². The van der Waals surface area contributed by atoms with Crippen LogP contribution >= 0.6 is 0 Å². The van der Waals surface area contributed by atoms with Crippen molar-refractivity contribution in [1.29, 1.82) is 0 Å². The van der Waals surface area contributed by atoms with Gasteiger partial charge in [-0.25, -0.2) is 0 Å². The molecule has 0 amide bonds. The maximum atomic E-state index is 6.09. The summed E-state index contributed by atoms with van der Waals surface area (Å²) in [6.07, 6.45) is 0.887. The summed E-state index contributed by atoms with van der Waals surface area (Å²) in [5, 5.41) is 7.62. The minimum Gasteiger partial charge on any atom is -0.456 e. The normalized spacial score (nSPS) is 11.7. The third-order valence-electron chi connectivity index (χ3n) is 5.69. The molecule has 6 rings (SSSR count). The summed E-state index contributed by atoms with van der Waals surface area (Å²) in [5.74, 6) is 0. The number of para-hydroxylation sites is 1. The van der Waals surface area contributed by atoms with E-state index in [4.69, 9.17) is 4.42 Å². The van der Waals surface area contributed by atoms with Crippen LogP contribution in [-0.2, 0) is 6.42 Å². The summed E-state index contributed by atoms with van der Waals surface area (Å²) < 4.78 is 6.09. The number of hydrogen-bond acceptors (Lipinski definition) is 1. The largest absolute Gasteiger partial charge is 0.456 e. The topological polar surface area (TPSA) is 13.1 Å². The second kappa shape index (κ2) is 5.97. The van der Waals surface area contributed by atoms with Gasteiger partial charge in [0, 0.05) is 10.8 Å². The van der Waals surface area contributed by atoms with E-state index in [1.54, 1.807) is 0 Å². The SMILES string of the molecule is c1ccc2c(c1)cc(Cc1ccc3c(c1)oc1ccccc13)c1ccccc12. The molecule has 0 spiro atoms. The molecule has 0 saturated heterocycles. The third-order valence-corrected chi connectivity index (χ3v) is 5.69. The highest BCUT2D eigenvalue weighted by Crippen LogP contribution is 2.32. The summed E-state index contributed by atoms with van der Waals surface area (Å²) in [6.45, 7) is 0. The molecule has 1 nitrogen and oxygen atoms in total. The van der Waals surface area contributed by atoms with Gasteiger partial charge in [0.2, 0.25) is 0 Å². The van der Waals surface area contributed by atoms with E-state index in [9.17, 15) is 0 Å². The van der Waals surface area contributed by atoms with Gasteiger partial charge in [0.1, 0.15) is 11.2 Å². The van der Waals surface area contributed by atoms with Crippen LogP contribution in [0.3, 0.4) is 0 Å². The zero-order valence-electron chi connectivity index (χ0n) is 15.4. The van der Waals surface area contributed by atoms with Crippen LogP contribution in [-0.4, -0.2) is 0 Å². The highest BCUT2D eigenvalue weighted by molar-refractivity contribution is 6.09. The van der Waals surface area contributed by atoms with Crippen LogP contribution < -0.4 is 0 Å². The van der Waals surface area contributed by atoms with E-state index < -0.39 is 0 Å². The molecule has 1 aromatic heterocycles. The van der Waals surface area contributed by atoms with Crippen LogP contribution in [0.25, 0.3) is 43.5 Å². The molecule has 0 fully saturated rings. The fraction of sp³-hybridized carbons (Fsp3) is 0.0370. The molecule has 1 heteroatoms. The van der Waals surface area contributed by atoms with Crippen molar-refractivity contribution < 1.29 is 4.42 Å². The van der Waals surface area contributed by atoms with Gasteiger partial charge in [0.15, 0.2) is 0 Å². The molecular formula is C27H18O. The molecule has 0 unspecified atom stereocenters. The Labute approximate surface area is 162 Å². The molecule has 0 aliphatic rings. The van der Waals surface area contributed by atoms with Crippen molar-refractivity contribution in [2.45, 2.75) is 6.42 Å². The highest BCUT2D eigenvalue weighted by atomic mass is 16.3. The van der Waals surface area contributed by atoms with Gasteiger partial charge in [-0.3, -0.25) is 0 Å². The average molecular weight is 358 g/mol. The molecule has 0 N–H and O–H groups in total. The average Bonchev–Trinajstić information content (AvgIpc) is 3.12. The molecule has 6 aromatic rings. The van der Waals surface area contributed by atoms with Gasteiger partial charge in [0.05, 0.1) is 0 Å². The second-order valence-electron chi connectivity index (χ2n) is 7.41. The van der Waals surface area contributed by atoms with Crippen molar-refractivity contribution >= 4 is 43.5 Å². The molecule has 0 saturated carbocycles. The Morgan fingerprint density at radius 3 is 2.07 bits per heavy atom. The van der Waals surface area contributed by atoms with Gasteiger partial charge in [-0.1, -0.05) is 84.9 Å². The van der Waals surface area contributed by atoms with E-state index in [0.717, 1.165) is 17.6 Å². The minimum atomic E-state index is 0.887. The summed E-state index contributed by atoms with van der Waals surface area (Å²) in [7, 11) is 0. The first-order valence-electron chi connectivity index (χ1n) is 9.66. The summed E-state index contributed by atoms with van der Waals surface area (Å²) in [6, 6.07) is 34.5. The smallest absolute Gasteiger partial charge is 0.135 e. The Hall–Kier alpha value is -3.58. The molecule has 1 heterocycles. The molecule has 0 bridgehead atoms. The summed E-state index contributed by atoms with van der Waals surface area (Å²) in [4.78, 5) is 0. The van der Waals surface area contributed by atoms with E-state index in [2.05, 4.69) is 84.9 Å². The van der Waals surface area contributed by atoms with Crippen LogP contribution in [0.15, 0.2) is 101 Å². The van der Waals surface area contributed by atoms with Crippen LogP contribution in [0.2, 0.25) is 0 Å². The third kappa shape index (κ3) is 2.33. The number of fused-ring (bicyclic) bond motifs is 6. The van der Waals surface area contributed by atoms with Crippen molar-refractivity contribution in [1.82, 2.24) is 0 Å². The Kier molecular flexibility index (Phi) is 3.30. The van der Waals surface area contributed by atoms with Gasteiger partial charge in [-0.05, 0) is 51.2 Å². The predicted octanol–water partition coefficient (Wildman–Crippen LogP) is 7.48. The Morgan fingerprint density at radius 2 is 1.18 bits per heavy atom. The highest BCUT2D eigenvalue weighted by Gasteiger charge is 2.10. The molecule has 132 valence electrons. The van der Waals surface area contributed by atoms with Gasteiger partial charge in [-0.15, -0.1) is 0 Å². The second-order valence-corrected chi connectivity index (χ2v) is 7.41. The zero-order chi connectivity index (χ0) is 18.5. The molecule has 0 aliphatic carbocycles. The quantitative estimate of drug-likeness (QED) is 0.292. The molecule has 0 aliphatic heterocycles. The number of benzene rings is 5. The standard InChI is InChI=1S/C27H18O/c1-2-8-21-19(7-1)17-20(22-9-3-4-10-23(21)22)15-18-13-14-25-24-11-5-6-12-26(24)28-27(25)16-18/h1-14,16-17H,15H2. The van der Waals surface area contributed by atoms with Crippen molar-refractivity contribution in [3.05, 3.63) is 108 Å². The van der Waals surface area contributed by atoms with Gasteiger partial charge in [0.25, 0.3) is 0 Å². The maximum absolute atomic E-state index is 6.09. The fourth-order valence-electron chi connectivity index (χ4n) is 4.38. The Morgan fingerprint density at radius 1 is 0.500 bits per heavy atom. The van der Waals surface area contributed by atoms with E-state index in [1.807, 2.05) is 12.1 Å². The first-order chi connectivity index (χ1) is 13.9. The van der Waals surface area contributed by atoms with Crippen molar-refractivity contribution in [3.8, 4) is 0 Å². The molecule has 0 radical (unpaired) electrons. The zero-order valence-corrected chi connectivity index (χ0v) is 15.4. The lowest BCUT2D eigenvalue weighted by Gasteiger charge is -2.11. The van der Waals surface area contributed by atoms with Gasteiger partial charge >= 0.3 is 0 Å². The van der Waals surface area contributed by atoms with E-state index in [1.165, 1.54) is 43.4 Å². The molecule has 28 heavy (non-hydrogen) atoms. The van der Waals surface area contributed by atoms with Crippen LogP contribution in [0.5, 0.6) is 0 Å². The van der Waals surface area contributed by atoms with Crippen LogP contribution in [0, 0.1) is 0 Å². The lowest BCUT2D eigenvalue weighted by Crippen LogP contribution is -1.91. The summed E-state index contributed by atoms with van der Waals surface area (Å²) in [5.41, 5.74) is 4.53. The lowest BCUT2D eigenvalue weighted by atomic mass is 9.93. The van der Waals surface area contributed by atoms with Crippen LogP contribution in [0.1, 0.15) is 11.1 Å². The van der Waals surface area contributed by atoms with Crippen molar-refractivity contribution in [2.75, 3.05) is 0 Å². The first kappa shape index (κ1) is 15.5. The Balaban J connectivity index is 1.53. The maximum Gasteiger partial charge on any atom is 0.135 e. The van der Waals surface area contributed by atoms with Crippen molar-refractivity contribution in [2.24, 2.45) is 0 Å². The fourth-order valence-corrected chi connectivity index (χ4v) is 4.38. The number of furan rings is 1. The first-order valence-corrected chi connectivity index (χ1v) is 9.66. The molecular weight excluding hydrogens is 340 g/mol. The molecule has 5 aromatic carbocycles. The monoisotopic (exact) mass is 358 g/mol. The van der Waals surface area contributed by atoms with E-state index in [0.29, 0.717) is 0 Å². The van der Waals surface area contributed by atoms with E-state index in [-0.39, 0.29) is 0 Å². The summed E-state index contributed by atoms with van der Waals surface area (Å²) >= 11 is 0. The minimum absolute atomic E-state index is 0.887. The Bertz CT molecular complexity index is 1490. The van der Waals surface area contributed by atoms with Gasteiger partial charge < -0.3 is 4.42 Å². The number of hydrogen-bond donors (Lipinski definition) is 0. The number of rotatable bonds is 2.